The summed E-state index contributed by atoms with van der Waals surface area (Å²) in [4.78, 5) is 0. The van der Waals surface area contributed by atoms with Crippen molar-refractivity contribution < 1.29 is 13.2 Å². The van der Waals surface area contributed by atoms with E-state index in [-0.39, 0.29) is 6.04 Å². The van der Waals surface area contributed by atoms with Crippen molar-refractivity contribution in [3.8, 4) is 0 Å². The minimum atomic E-state index is -3.44. The van der Waals surface area contributed by atoms with Gasteiger partial charge in [-0.3, -0.25) is 0 Å². The predicted octanol–water partition coefficient (Wildman–Crippen LogP) is 1.22. The van der Waals surface area contributed by atoms with E-state index in [1.54, 1.807) is 0 Å². The largest absolute Gasteiger partial charge is 0.379 e. The van der Waals surface area contributed by atoms with E-state index in [0.29, 0.717) is 26.3 Å². The van der Waals surface area contributed by atoms with E-state index in [2.05, 4.69) is 4.72 Å². The standard InChI is InChI=1S/C13H20N2O3S/c1-11-3-5-13(6-4-11)12(2)14-19(16,17)15-7-9-18-10-8-15/h3-6,12,14H,7-10H2,1-2H3. The van der Waals surface area contributed by atoms with Crippen molar-refractivity contribution in [1.82, 2.24) is 9.03 Å². The number of benzene rings is 1. The first kappa shape index (κ1) is 14.5. The Kier molecular flexibility index (Phi) is 4.57. The molecule has 0 aromatic heterocycles. The van der Waals surface area contributed by atoms with E-state index < -0.39 is 10.2 Å². The third kappa shape index (κ3) is 3.76. The Morgan fingerprint density at radius 3 is 2.37 bits per heavy atom. The average molecular weight is 284 g/mol. The van der Waals surface area contributed by atoms with Crippen LogP contribution < -0.4 is 4.72 Å². The molecule has 1 atom stereocenters. The number of hydrogen-bond donors (Lipinski definition) is 1. The molecule has 1 fully saturated rings. The molecule has 0 amide bonds. The second-order valence-corrected chi connectivity index (χ2v) is 6.47. The van der Waals surface area contributed by atoms with E-state index in [1.807, 2.05) is 38.1 Å². The minimum Gasteiger partial charge on any atom is -0.379 e. The molecule has 0 aliphatic carbocycles. The van der Waals surface area contributed by atoms with Crippen molar-refractivity contribution >= 4 is 10.2 Å². The summed E-state index contributed by atoms with van der Waals surface area (Å²) >= 11 is 0. The smallest absolute Gasteiger partial charge is 0.280 e. The van der Waals surface area contributed by atoms with Gasteiger partial charge in [-0.25, -0.2) is 0 Å². The van der Waals surface area contributed by atoms with Crippen LogP contribution in [0.5, 0.6) is 0 Å². The molecule has 106 valence electrons. The van der Waals surface area contributed by atoms with Gasteiger partial charge in [0.1, 0.15) is 0 Å². The van der Waals surface area contributed by atoms with Crippen LogP contribution in [0.3, 0.4) is 0 Å². The second kappa shape index (κ2) is 6.00. The third-order valence-corrected chi connectivity index (χ3v) is 4.91. The maximum absolute atomic E-state index is 12.2. The Morgan fingerprint density at radius 1 is 1.21 bits per heavy atom. The molecule has 2 rings (SSSR count). The van der Waals surface area contributed by atoms with E-state index in [9.17, 15) is 8.42 Å². The lowest BCUT2D eigenvalue weighted by atomic mass is 10.1. The lowest BCUT2D eigenvalue weighted by molar-refractivity contribution is 0.0723. The molecule has 19 heavy (non-hydrogen) atoms. The number of nitrogens with zero attached hydrogens (tertiary/aromatic N) is 1. The van der Waals surface area contributed by atoms with Crippen LogP contribution in [0.15, 0.2) is 24.3 Å². The minimum absolute atomic E-state index is 0.242. The summed E-state index contributed by atoms with van der Waals surface area (Å²) in [5.41, 5.74) is 2.12. The number of nitrogens with one attached hydrogen (secondary N) is 1. The van der Waals surface area contributed by atoms with Gasteiger partial charge in [-0.2, -0.15) is 17.4 Å². The molecule has 1 N–H and O–H groups in total. The zero-order valence-corrected chi connectivity index (χ0v) is 12.1. The molecule has 0 saturated carbocycles. The quantitative estimate of drug-likeness (QED) is 0.904. The van der Waals surface area contributed by atoms with Gasteiger partial charge in [0, 0.05) is 19.1 Å². The van der Waals surface area contributed by atoms with Crippen LogP contribution >= 0.6 is 0 Å². The molecule has 1 heterocycles. The lowest BCUT2D eigenvalue weighted by Gasteiger charge is -2.27. The Balaban J connectivity index is 2.04. The molecule has 1 aliphatic heterocycles. The summed E-state index contributed by atoms with van der Waals surface area (Å²) in [5, 5.41) is 0. The highest BCUT2D eigenvalue weighted by Crippen LogP contribution is 2.15. The molecular formula is C13H20N2O3S. The van der Waals surface area contributed by atoms with Crippen LogP contribution in [0.25, 0.3) is 0 Å². The highest BCUT2D eigenvalue weighted by molar-refractivity contribution is 7.87. The first-order valence-corrected chi connectivity index (χ1v) is 7.85. The summed E-state index contributed by atoms with van der Waals surface area (Å²) in [6, 6.07) is 7.61. The number of aryl methyl sites for hydroxylation is 1. The summed E-state index contributed by atoms with van der Waals surface area (Å²) in [6.07, 6.45) is 0. The first-order chi connectivity index (χ1) is 8.99. The number of hydrogen-bond acceptors (Lipinski definition) is 3. The summed E-state index contributed by atoms with van der Waals surface area (Å²) < 4.78 is 33.7. The van der Waals surface area contributed by atoms with Crippen LogP contribution in [-0.2, 0) is 14.9 Å². The fourth-order valence-electron chi connectivity index (χ4n) is 2.01. The monoisotopic (exact) mass is 284 g/mol. The van der Waals surface area contributed by atoms with Crippen LogP contribution in [0.4, 0.5) is 0 Å². The summed E-state index contributed by atoms with van der Waals surface area (Å²) in [7, 11) is -3.44. The van der Waals surface area contributed by atoms with E-state index >= 15 is 0 Å². The fraction of sp³-hybridized carbons (Fsp3) is 0.538. The van der Waals surface area contributed by atoms with Gasteiger partial charge in [0.05, 0.1) is 13.2 Å². The Morgan fingerprint density at radius 2 is 1.79 bits per heavy atom. The van der Waals surface area contributed by atoms with Gasteiger partial charge in [-0.15, -0.1) is 0 Å². The van der Waals surface area contributed by atoms with Crippen LogP contribution in [0.2, 0.25) is 0 Å². The van der Waals surface area contributed by atoms with E-state index in [0.717, 1.165) is 11.1 Å². The highest BCUT2D eigenvalue weighted by Gasteiger charge is 2.25. The van der Waals surface area contributed by atoms with Gasteiger partial charge >= 0.3 is 0 Å². The number of ether oxygens (including phenoxy) is 1. The molecule has 1 saturated heterocycles. The number of rotatable bonds is 4. The Hall–Kier alpha value is -0.950. The normalized spacial score (nSPS) is 19.3. The molecule has 1 aromatic carbocycles. The molecule has 6 heteroatoms. The molecule has 1 aromatic rings. The van der Waals surface area contributed by atoms with Crippen molar-refractivity contribution in [3.05, 3.63) is 35.4 Å². The number of morpholine rings is 1. The average Bonchev–Trinajstić information content (AvgIpc) is 2.40. The SMILES string of the molecule is Cc1ccc(C(C)NS(=O)(=O)N2CCOCC2)cc1. The van der Waals surface area contributed by atoms with Gasteiger partial charge in [0.15, 0.2) is 0 Å². The van der Waals surface area contributed by atoms with Crippen LogP contribution in [-0.4, -0.2) is 39.0 Å². The lowest BCUT2D eigenvalue weighted by Crippen LogP contribution is -2.47. The van der Waals surface area contributed by atoms with Crippen molar-refractivity contribution in [2.75, 3.05) is 26.3 Å². The molecular weight excluding hydrogens is 264 g/mol. The predicted molar refractivity (Wildman–Crippen MR) is 74.0 cm³/mol. The van der Waals surface area contributed by atoms with Gasteiger partial charge in [-0.05, 0) is 19.4 Å². The fourth-order valence-corrected chi connectivity index (χ4v) is 3.37. The molecule has 1 aliphatic rings. The van der Waals surface area contributed by atoms with Crippen molar-refractivity contribution in [1.29, 1.82) is 0 Å². The third-order valence-electron chi connectivity index (χ3n) is 3.21. The molecule has 5 nitrogen and oxygen atoms in total. The topological polar surface area (TPSA) is 58.6 Å². The molecule has 0 radical (unpaired) electrons. The molecule has 1 unspecified atom stereocenters. The van der Waals surface area contributed by atoms with Gasteiger partial charge in [-0.1, -0.05) is 29.8 Å². The zero-order chi connectivity index (χ0) is 13.9. The van der Waals surface area contributed by atoms with E-state index in [4.69, 9.17) is 4.74 Å². The maximum Gasteiger partial charge on any atom is 0.280 e. The van der Waals surface area contributed by atoms with Crippen molar-refractivity contribution in [2.24, 2.45) is 0 Å². The Labute approximate surface area is 114 Å². The highest BCUT2D eigenvalue weighted by atomic mass is 32.2. The van der Waals surface area contributed by atoms with Crippen molar-refractivity contribution in [2.45, 2.75) is 19.9 Å². The summed E-state index contributed by atoms with van der Waals surface area (Å²) in [6.45, 7) is 5.60. The molecule has 0 spiro atoms. The van der Waals surface area contributed by atoms with Gasteiger partial charge in [0.2, 0.25) is 0 Å². The second-order valence-electron chi connectivity index (χ2n) is 4.77. The van der Waals surface area contributed by atoms with Gasteiger partial charge < -0.3 is 4.74 Å². The molecule has 0 bridgehead atoms. The van der Waals surface area contributed by atoms with E-state index in [1.165, 1.54) is 4.31 Å². The summed E-state index contributed by atoms with van der Waals surface area (Å²) in [5.74, 6) is 0. The van der Waals surface area contributed by atoms with Crippen LogP contribution in [0, 0.1) is 6.92 Å². The van der Waals surface area contributed by atoms with Crippen molar-refractivity contribution in [3.63, 3.8) is 0 Å². The van der Waals surface area contributed by atoms with Gasteiger partial charge in [0.25, 0.3) is 10.2 Å². The first-order valence-electron chi connectivity index (χ1n) is 6.41. The zero-order valence-electron chi connectivity index (χ0n) is 11.3. The maximum atomic E-state index is 12.2. The van der Waals surface area contributed by atoms with Crippen LogP contribution in [0.1, 0.15) is 24.1 Å². The Bertz CT molecular complexity index is 507.